The zero-order chi connectivity index (χ0) is 18.5. The van der Waals surface area contributed by atoms with E-state index in [9.17, 15) is 9.90 Å². The Hall–Kier alpha value is -2.52. The highest BCUT2D eigenvalue weighted by Crippen LogP contribution is 2.30. The second kappa shape index (κ2) is 8.24. The van der Waals surface area contributed by atoms with Gasteiger partial charge in [-0.2, -0.15) is 5.10 Å². The number of amides is 1. The van der Waals surface area contributed by atoms with E-state index < -0.39 is 0 Å². The standard InChI is InChI=1S/C17H13Br2N5O2/c18-13-6-12(17(26)14(19)7-13)8-20-22-16(25)10-24-9-15(21-23-24)11-4-2-1-3-5-11/h1-9,26H,10H2,(H,22,25). The van der Waals surface area contributed by atoms with Crippen molar-refractivity contribution >= 4 is 44.0 Å². The van der Waals surface area contributed by atoms with E-state index >= 15 is 0 Å². The number of hydrogen-bond donors (Lipinski definition) is 2. The monoisotopic (exact) mass is 477 g/mol. The van der Waals surface area contributed by atoms with Crippen LogP contribution in [0.1, 0.15) is 5.56 Å². The number of aromatic nitrogens is 3. The molecule has 0 atom stereocenters. The van der Waals surface area contributed by atoms with Crippen LogP contribution < -0.4 is 5.43 Å². The molecule has 0 spiro atoms. The van der Waals surface area contributed by atoms with Gasteiger partial charge in [0.1, 0.15) is 18.0 Å². The second-order valence-electron chi connectivity index (χ2n) is 5.29. The lowest BCUT2D eigenvalue weighted by Crippen LogP contribution is -2.23. The number of aromatic hydroxyl groups is 1. The Labute approximate surface area is 166 Å². The Balaban J connectivity index is 1.61. The van der Waals surface area contributed by atoms with Crippen molar-refractivity contribution in [3.8, 4) is 17.0 Å². The molecule has 0 radical (unpaired) electrons. The number of carbonyl (C=O) groups is 1. The van der Waals surface area contributed by atoms with Gasteiger partial charge in [-0.05, 0) is 28.1 Å². The summed E-state index contributed by atoms with van der Waals surface area (Å²) in [6.07, 6.45) is 3.05. The maximum atomic E-state index is 12.0. The van der Waals surface area contributed by atoms with E-state index in [1.807, 2.05) is 30.3 Å². The zero-order valence-electron chi connectivity index (χ0n) is 13.3. The van der Waals surface area contributed by atoms with Crippen molar-refractivity contribution in [3.63, 3.8) is 0 Å². The molecule has 2 N–H and O–H groups in total. The molecule has 0 aliphatic carbocycles. The minimum atomic E-state index is -0.362. The highest BCUT2D eigenvalue weighted by Gasteiger charge is 2.08. The lowest BCUT2D eigenvalue weighted by Gasteiger charge is -2.03. The molecule has 7 nitrogen and oxygen atoms in total. The van der Waals surface area contributed by atoms with E-state index in [1.165, 1.54) is 10.9 Å². The predicted octanol–water partition coefficient (Wildman–Crippen LogP) is 3.33. The van der Waals surface area contributed by atoms with Gasteiger partial charge >= 0.3 is 0 Å². The first-order chi connectivity index (χ1) is 12.5. The van der Waals surface area contributed by atoms with Crippen LogP contribution in [0.3, 0.4) is 0 Å². The van der Waals surface area contributed by atoms with Crippen LogP contribution in [-0.4, -0.2) is 32.2 Å². The smallest absolute Gasteiger partial charge is 0.261 e. The molecule has 2 aromatic carbocycles. The number of phenolic OH excluding ortho intramolecular Hbond substituents is 1. The molecule has 0 saturated heterocycles. The lowest BCUT2D eigenvalue weighted by molar-refractivity contribution is -0.121. The van der Waals surface area contributed by atoms with Crippen LogP contribution in [0, 0.1) is 0 Å². The van der Waals surface area contributed by atoms with Gasteiger partial charge in [-0.25, -0.2) is 10.1 Å². The Morgan fingerprint density at radius 2 is 2.04 bits per heavy atom. The quantitative estimate of drug-likeness (QED) is 0.434. The number of hydrazone groups is 1. The molecule has 3 rings (SSSR count). The molecule has 0 saturated carbocycles. The molecular weight excluding hydrogens is 466 g/mol. The third kappa shape index (κ3) is 4.55. The van der Waals surface area contributed by atoms with Crippen LogP contribution >= 0.6 is 31.9 Å². The van der Waals surface area contributed by atoms with E-state index in [-0.39, 0.29) is 18.2 Å². The number of hydrogen-bond acceptors (Lipinski definition) is 5. The molecule has 0 aliphatic rings. The molecule has 1 aromatic heterocycles. The Morgan fingerprint density at radius 1 is 1.27 bits per heavy atom. The van der Waals surface area contributed by atoms with Crippen molar-refractivity contribution in [2.45, 2.75) is 6.54 Å². The van der Waals surface area contributed by atoms with Crippen LogP contribution in [0.2, 0.25) is 0 Å². The minimum Gasteiger partial charge on any atom is -0.506 e. The van der Waals surface area contributed by atoms with Gasteiger partial charge in [-0.15, -0.1) is 5.10 Å². The fourth-order valence-electron chi connectivity index (χ4n) is 2.16. The third-order valence-corrected chi connectivity index (χ3v) is 4.43. The summed E-state index contributed by atoms with van der Waals surface area (Å²) in [5.41, 5.74) is 4.46. The number of rotatable bonds is 5. The number of benzene rings is 2. The van der Waals surface area contributed by atoms with Crippen LogP contribution in [0.5, 0.6) is 5.75 Å². The van der Waals surface area contributed by atoms with Crippen LogP contribution in [0.25, 0.3) is 11.3 Å². The molecule has 0 aliphatic heterocycles. The van der Waals surface area contributed by atoms with Gasteiger partial charge in [0.15, 0.2) is 0 Å². The fourth-order valence-corrected chi connectivity index (χ4v) is 3.42. The van der Waals surface area contributed by atoms with Crippen molar-refractivity contribution in [1.82, 2.24) is 20.4 Å². The van der Waals surface area contributed by atoms with E-state index in [0.29, 0.717) is 15.7 Å². The van der Waals surface area contributed by atoms with Crippen molar-refractivity contribution in [1.29, 1.82) is 0 Å². The molecule has 26 heavy (non-hydrogen) atoms. The van der Waals surface area contributed by atoms with Crippen LogP contribution in [0.15, 0.2) is 62.7 Å². The maximum absolute atomic E-state index is 12.0. The highest BCUT2D eigenvalue weighted by molar-refractivity contribution is 9.11. The molecule has 9 heteroatoms. The average molecular weight is 479 g/mol. The Bertz CT molecular complexity index is 957. The Morgan fingerprint density at radius 3 is 2.81 bits per heavy atom. The van der Waals surface area contributed by atoms with Gasteiger partial charge in [0.25, 0.3) is 5.91 Å². The van der Waals surface area contributed by atoms with Crippen molar-refractivity contribution < 1.29 is 9.90 Å². The summed E-state index contributed by atoms with van der Waals surface area (Å²) in [5, 5.41) is 21.8. The lowest BCUT2D eigenvalue weighted by atomic mass is 10.2. The number of nitrogens with zero attached hydrogens (tertiary/aromatic N) is 4. The summed E-state index contributed by atoms with van der Waals surface area (Å²) in [6.45, 7) is -0.0225. The molecule has 3 aromatic rings. The van der Waals surface area contributed by atoms with Crippen molar-refractivity contribution in [2.75, 3.05) is 0 Å². The normalized spacial score (nSPS) is 11.0. The number of phenols is 1. The van der Waals surface area contributed by atoms with Gasteiger partial charge in [0.2, 0.25) is 0 Å². The molecular formula is C17H13Br2N5O2. The highest BCUT2D eigenvalue weighted by atomic mass is 79.9. The predicted molar refractivity (Wildman–Crippen MR) is 105 cm³/mol. The molecule has 0 unspecified atom stereocenters. The average Bonchev–Trinajstić information content (AvgIpc) is 3.08. The third-order valence-electron chi connectivity index (χ3n) is 3.36. The number of halogens is 2. The summed E-state index contributed by atoms with van der Waals surface area (Å²) in [6, 6.07) is 13.0. The molecule has 0 fully saturated rings. The molecule has 1 amide bonds. The van der Waals surface area contributed by atoms with E-state index in [4.69, 9.17) is 0 Å². The largest absolute Gasteiger partial charge is 0.506 e. The van der Waals surface area contributed by atoms with Gasteiger partial charge in [0, 0.05) is 15.6 Å². The minimum absolute atomic E-state index is 0.0225. The first-order valence-electron chi connectivity index (χ1n) is 7.48. The van der Waals surface area contributed by atoms with E-state index in [0.717, 1.165) is 10.0 Å². The van der Waals surface area contributed by atoms with Crippen molar-refractivity contribution in [2.24, 2.45) is 5.10 Å². The molecule has 132 valence electrons. The first kappa shape index (κ1) is 18.3. The number of nitrogens with one attached hydrogen (secondary N) is 1. The summed E-state index contributed by atoms with van der Waals surface area (Å²) < 4.78 is 2.72. The van der Waals surface area contributed by atoms with Crippen LogP contribution in [-0.2, 0) is 11.3 Å². The number of carbonyl (C=O) groups excluding carboxylic acids is 1. The van der Waals surface area contributed by atoms with Crippen molar-refractivity contribution in [3.05, 3.63) is 63.2 Å². The molecule has 0 bridgehead atoms. The SMILES string of the molecule is O=C(Cn1cc(-c2ccccc2)nn1)NN=Cc1cc(Br)cc(Br)c1O. The zero-order valence-corrected chi connectivity index (χ0v) is 16.5. The molecule has 1 heterocycles. The van der Waals surface area contributed by atoms with Gasteiger partial charge in [-0.1, -0.05) is 51.5 Å². The maximum Gasteiger partial charge on any atom is 0.261 e. The van der Waals surface area contributed by atoms with Crippen LogP contribution in [0.4, 0.5) is 0 Å². The van der Waals surface area contributed by atoms with E-state index in [1.54, 1.807) is 18.3 Å². The van der Waals surface area contributed by atoms with Gasteiger partial charge < -0.3 is 5.11 Å². The summed E-state index contributed by atoms with van der Waals surface area (Å²) in [5.74, 6) is -0.325. The Kier molecular flexibility index (Phi) is 5.79. The summed E-state index contributed by atoms with van der Waals surface area (Å²) >= 11 is 6.56. The first-order valence-corrected chi connectivity index (χ1v) is 9.07. The van der Waals surface area contributed by atoms with Gasteiger partial charge in [-0.3, -0.25) is 4.79 Å². The summed E-state index contributed by atoms with van der Waals surface area (Å²) in [7, 11) is 0. The summed E-state index contributed by atoms with van der Waals surface area (Å²) in [4.78, 5) is 12.0. The van der Waals surface area contributed by atoms with Gasteiger partial charge in [0.05, 0.1) is 16.9 Å². The topological polar surface area (TPSA) is 92.4 Å². The van der Waals surface area contributed by atoms with E-state index in [2.05, 4.69) is 52.7 Å². The second-order valence-corrected chi connectivity index (χ2v) is 7.06. The fraction of sp³-hybridized carbons (Fsp3) is 0.0588.